The quantitative estimate of drug-likeness (QED) is 0.782. The van der Waals surface area contributed by atoms with E-state index in [1.54, 1.807) is 6.07 Å². The third kappa shape index (κ3) is 3.60. The zero-order valence-electron chi connectivity index (χ0n) is 12.4. The molecule has 1 unspecified atom stereocenters. The third-order valence-corrected chi connectivity index (χ3v) is 3.89. The summed E-state index contributed by atoms with van der Waals surface area (Å²) in [4.78, 5) is 0. The number of benzene rings is 2. The van der Waals surface area contributed by atoms with Crippen LogP contribution in [0.2, 0.25) is 0 Å². The third-order valence-electron chi connectivity index (χ3n) is 3.89. The Hall–Kier alpha value is -1.83. The van der Waals surface area contributed by atoms with Crippen LogP contribution in [0.5, 0.6) is 0 Å². The van der Waals surface area contributed by atoms with E-state index in [4.69, 9.17) is 0 Å². The smallest absolute Gasteiger partial charge is 0.123 e. The number of rotatable bonds is 5. The Kier molecular flexibility index (Phi) is 4.78. The van der Waals surface area contributed by atoms with Gasteiger partial charge in [-0.05, 0) is 60.2 Å². The molecule has 0 fully saturated rings. The van der Waals surface area contributed by atoms with Crippen LogP contribution in [0, 0.1) is 12.7 Å². The second-order valence-electron chi connectivity index (χ2n) is 5.36. The van der Waals surface area contributed by atoms with E-state index in [0.29, 0.717) is 12.5 Å². The van der Waals surface area contributed by atoms with Crippen molar-refractivity contribution in [3.8, 4) is 0 Å². The van der Waals surface area contributed by atoms with Gasteiger partial charge < -0.3 is 5.32 Å². The molecular formula is C18H22FN. The molecule has 0 radical (unpaired) electrons. The fourth-order valence-electron chi connectivity index (χ4n) is 2.19. The lowest BCUT2D eigenvalue weighted by molar-refractivity contribution is 0.625. The first-order chi connectivity index (χ1) is 9.60. The molecule has 0 aliphatic rings. The van der Waals surface area contributed by atoms with Gasteiger partial charge >= 0.3 is 0 Å². The van der Waals surface area contributed by atoms with Crippen molar-refractivity contribution in [1.29, 1.82) is 0 Å². The predicted molar refractivity (Wildman–Crippen MR) is 83.6 cm³/mol. The summed E-state index contributed by atoms with van der Waals surface area (Å²) in [6.07, 6.45) is 1.15. The zero-order valence-corrected chi connectivity index (χ0v) is 12.4. The maximum Gasteiger partial charge on any atom is 0.123 e. The van der Waals surface area contributed by atoms with E-state index >= 15 is 0 Å². The molecule has 20 heavy (non-hydrogen) atoms. The van der Waals surface area contributed by atoms with Gasteiger partial charge in [-0.1, -0.05) is 32.0 Å². The van der Waals surface area contributed by atoms with Gasteiger partial charge in [0.2, 0.25) is 0 Å². The highest BCUT2D eigenvalue weighted by Gasteiger charge is 2.03. The summed E-state index contributed by atoms with van der Waals surface area (Å²) in [6, 6.07) is 13.4. The van der Waals surface area contributed by atoms with E-state index in [0.717, 1.165) is 23.2 Å². The van der Waals surface area contributed by atoms with E-state index in [9.17, 15) is 4.39 Å². The first kappa shape index (κ1) is 14.6. The normalized spacial score (nSPS) is 12.2. The van der Waals surface area contributed by atoms with Crippen molar-refractivity contribution in [2.45, 2.75) is 39.7 Å². The van der Waals surface area contributed by atoms with Gasteiger partial charge in [0.25, 0.3) is 0 Å². The van der Waals surface area contributed by atoms with Gasteiger partial charge in [0, 0.05) is 12.2 Å². The summed E-state index contributed by atoms with van der Waals surface area (Å²) in [5.74, 6) is 0.411. The van der Waals surface area contributed by atoms with Crippen LogP contribution in [-0.4, -0.2) is 0 Å². The molecule has 2 aromatic carbocycles. The Balaban J connectivity index is 2.02. The van der Waals surface area contributed by atoms with Gasteiger partial charge in [-0.25, -0.2) is 4.39 Å². The Bertz CT molecular complexity index is 560. The van der Waals surface area contributed by atoms with Crippen molar-refractivity contribution in [2.24, 2.45) is 0 Å². The van der Waals surface area contributed by atoms with Gasteiger partial charge in [0.1, 0.15) is 5.82 Å². The molecule has 0 saturated carbocycles. The van der Waals surface area contributed by atoms with Crippen LogP contribution in [0.4, 0.5) is 10.1 Å². The molecule has 2 rings (SSSR count). The number of nitrogens with one attached hydrogen (secondary N) is 1. The van der Waals surface area contributed by atoms with Gasteiger partial charge in [-0.15, -0.1) is 0 Å². The highest BCUT2D eigenvalue weighted by Crippen LogP contribution is 2.21. The van der Waals surface area contributed by atoms with Crippen molar-refractivity contribution < 1.29 is 4.39 Å². The molecule has 0 bridgehead atoms. The highest BCUT2D eigenvalue weighted by molar-refractivity contribution is 5.46. The lowest BCUT2D eigenvalue weighted by atomic mass is 9.98. The van der Waals surface area contributed by atoms with Crippen molar-refractivity contribution in [1.82, 2.24) is 0 Å². The van der Waals surface area contributed by atoms with E-state index in [-0.39, 0.29) is 5.82 Å². The molecule has 0 aromatic heterocycles. The predicted octanol–water partition coefficient (Wildman–Crippen LogP) is 5.26. The van der Waals surface area contributed by atoms with E-state index < -0.39 is 0 Å². The summed E-state index contributed by atoms with van der Waals surface area (Å²) < 4.78 is 13.2. The topological polar surface area (TPSA) is 12.0 Å². The molecule has 2 aromatic rings. The molecule has 106 valence electrons. The Labute approximate surface area is 120 Å². The first-order valence-corrected chi connectivity index (χ1v) is 7.19. The number of halogens is 1. The molecule has 0 aliphatic carbocycles. The van der Waals surface area contributed by atoms with Gasteiger partial charge in [0.05, 0.1) is 0 Å². The first-order valence-electron chi connectivity index (χ1n) is 7.19. The fraction of sp³-hybridized carbons (Fsp3) is 0.333. The van der Waals surface area contributed by atoms with Crippen LogP contribution in [0.25, 0.3) is 0 Å². The minimum Gasteiger partial charge on any atom is -0.381 e. The largest absolute Gasteiger partial charge is 0.381 e. The molecule has 2 heteroatoms. The summed E-state index contributed by atoms with van der Waals surface area (Å²) >= 11 is 0. The molecule has 0 saturated heterocycles. The second kappa shape index (κ2) is 6.56. The maximum atomic E-state index is 13.2. The molecule has 0 amide bonds. The van der Waals surface area contributed by atoms with E-state index in [2.05, 4.69) is 43.4 Å². The van der Waals surface area contributed by atoms with Gasteiger partial charge in [-0.3, -0.25) is 0 Å². The lowest BCUT2D eigenvalue weighted by Crippen LogP contribution is -2.02. The SMILES string of the molecule is CCC(C)c1ccc(NCc2cc(F)ccc2C)cc1. The number of anilines is 1. The van der Waals surface area contributed by atoms with E-state index in [1.165, 1.54) is 11.6 Å². The van der Waals surface area contributed by atoms with Crippen molar-refractivity contribution in [3.63, 3.8) is 0 Å². The van der Waals surface area contributed by atoms with Gasteiger partial charge in [-0.2, -0.15) is 0 Å². The highest BCUT2D eigenvalue weighted by atomic mass is 19.1. The average Bonchev–Trinajstić information content (AvgIpc) is 2.48. The number of hydrogen-bond donors (Lipinski definition) is 1. The minimum atomic E-state index is -0.181. The van der Waals surface area contributed by atoms with Crippen LogP contribution >= 0.6 is 0 Å². The van der Waals surface area contributed by atoms with Crippen LogP contribution in [0.3, 0.4) is 0 Å². The van der Waals surface area contributed by atoms with Crippen LogP contribution in [0.1, 0.15) is 42.9 Å². The summed E-state index contributed by atoms with van der Waals surface area (Å²) in [5, 5.41) is 3.35. The maximum absolute atomic E-state index is 13.2. The molecular weight excluding hydrogens is 249 g/mol. The molecule has 1 atom stereocenters. The monoisotopic (exact) mass is 271 g/mol. The lowest BCUT2D eigenvalue weighted by Gasteiger charge is -2.12. The number of hydrogen-bond acceptors (Lipinski definition) is 1. The van der Waals surface area contributed by atoms with Gasteiger partial charge in [0.15, 0.2) is 0 Å². The summed E-state index contributed by atoms with van der Waals surface area (Å²) in [6.45, 7) is 7.08. The Morgan fingerprint density at radius 3 is 2.45 bits per heavy atom. The molecule has 0 spiro atoms. The Morgan fingerprint density at radius 2 is 1.80 bits per heavy atom. The Morgan fingerprint density at radius 1 is 1.10 bits per heavy atom. The average molecular weight is 271 g/mol. The van der Waals surface area contributed by atoms with Crippen molar-refractivity contribution in [2.75, 3.05) is 5.32 Å². The second-order valence-corrected chi connectivity index (χ2v) is 5.36. The summed E-state index contributed by atoms with van der Waals surface area (Å²) in [5.41, 5.74) is 4.53. The zero-order chi connectivity index (χ0) is 14.5. The van der Waals surface area contributed by atoms with Crippen LogP contribution in [0.15, 0.2) is 42.5 Å². The minimum absolute atomic E-state index is 0.181. The van der Waals surface area contributed by atoms with E-state index in [1.807, 2.05) is 13.0 Å². The summed E-state index contributed by atoms with van der Waals surface area (Å²) in [7, 11) is 0. The molecule has 1 nitrogen and oxygen atoms in total. The van der Waals surface area contributed by atoms with Crippen molar-refractivity contribution in [3.05, 3.63) is 65.0 Å². The van der Waals surface area contributed by atoms with Crippen LogP contribution in [-0.2, 0) is 6.54 Å². The number of aryl methyl sites for hydroxylation is 1. The molecule has 1 N–H and O–H groups in total. The fourth-order valence-corrected chi connectivity index (χ4v) is 2.19. The standard InChI is InChI=1S/C18H22FN/c1-4-13(2)15-6-9-18(10-7-15)20-12-16-11-17(19)8-5-14(16)3/h5-11,13,20H,4,12H2,1-3H3. The van der Waals surface area contributed by atoms with Crippen molar-refractivity contribution >= 4 is 5.69 Å². The molecule has 0 heterocycles. The molecule has 0 aliphatic heterocycles. The van der Waals surface area contributed by atoms with Crippen LogP contribution < -0.4 is 5.32 Å².